The van der Waals surface area contributed by atoms with Crippen LogP contribution in [0.15, 0.2) is 24.2 Å². The molecule has 0 fully saturated rings. The van der Waals surface area contributed by atoms with Crippen molar-refractivity contribution in [3.05, 3.63) is 34.8 Å². The van der Waals surface area contributed by atoms with Gasteiger partial charge in [-0.25, -0.2) is 9.97 Å². The number of nitrogen functional groups attached to an aromatic ring is 1. The Hall–Kier alpha value is -2.41. The van der Waals surface area contributed by atoms with Crippen molar-refractivity contribution in [3.8, 4) is 0 Å². The number of pyridine rings is 1. The summed E-state index contributed by atoms with van der Waals surface area (Å²) in [6.45, 7) is 11.4. The summed E-state index contributed by atoms with van der Waals surface area (Å²) in [6, 6.07) is 1.85. The lowest BCUT2D eigenvalue weighted by molar-refractivity contribution is -0.113. The third-order valence-electron chi connectivity index (χ3n) is 4.17. The molecule has 2 aromatic rings. The normalized spacial score (nSPS) is 10.6. The first kappa shape index (κ1) is 20.9. The Morgan fingerprint density at radius 1 is 1.33 bits per heavy atom. The van der Waals surface area contributed by atoms with Crippen LogP contribution in [0.3, 0.4) is 0 Å². The molecule has 0 radical (unpaired) electrons. The monoisotopic (exact) mass is 387 g/mol. The lowest BCUT2D eigenvalue weighted by atomic mass is 10.1. The number of amides is 1. The van der Waals surface area contributed by atoms with Crippen LogP contribution in [0, 0.1) is 0 Å². The van der Waals surface area contributed by atoms with Crippen LogP contribution in [-0.4, -0.2) is 29.0 Å². The van der Waals surface area contributed by atoms with E-state index in [1.165, 1.54) is 11.3 Å². The summed E-state index contributed by atoms with van der Waals surface area (Å²) in [7, 11) is 0. The van der Waals surface area contributed by atoms with E-state index in [4.69, 9.17) is 10.7 Å². The number of thiazole rings is 1. The molecule has 0 aliphatic rings. The Morgan fingerprint density at radius 3 is 2.70 bits per heavy atom. The van der Waals surface area contributed by atoms with Gasteiger partial charge in [-0.1, -0.05) is 26.8 Å². The molecule has 0 spiro atoms. The largest absolute Gasteiger partial charge is 0.398 e. The molecule has 27 heavy (non-hydrogen) atoms. The predicted molar refractivity (Wildman–Crippen MR) is 115 cm³/mol. The van der Waals surface area contributed by atoms with E-state index in [-0.39, 0.29) is 5.91 Å². The van der Waals surface area contributed by atoms with Gasteiger partial charge in [0.2, 0.25) is 0 Å². The van der Waals surface area contributed by atoms with E-state index < -0.39 is 0 Å². The minimum absolute atomic E-state index is 0.176. The average molecular weight is 388 g/mol. The molecule has 2 rings (SSSR count). The van der Waals surface area contributed by atoms with Gasteiger partial charge in [-0.2, -0.15) is 0 Å². The Bertz CT molecular complexity index is 773. The molecular formula is C20H29N5OS. The van der Waals surface area contributed by atoms with E-state index in [1.54, 1.807) is 11.1 Å². The first-order valence-electron chi connectivity index (χ1n) is 9.47. The Labute approximate surface area is 165 Å². The number of nitrogens with zero attached hydrogens (tertiary/aromatic N) is 3. The molecule has 0 saturated heterocycles. The number of carbonyl (C=O) groups excluding carboxylic acids is 1. The molecule has 0 unspecified atom stereocenters. The van der Waals surface area contributed by atoms with Crippen molar-refractivity contribution in [2.75, 3.05) is 29.0 Å². The molecule has 0 saturated carbocycles. The van der Waals surface area contributed by atoms with Crippen molar-refractivity contribution < 1.29 is 4.79 Å². The van der Waals surface area contributed by atoms with E-state index in [0.717, 1.165) is 37.8 Å². The van der Waals surface area contributed by atoms with Gasteiger partial charge in [0.25, 0.3) is 5.91 Å². The molecular weight excluding hydrogens is 358 g/mol. The number of aromatic nitrogens is 2. The van der Waals surface area contributed by atoms with Gasteiger partial charge in [-0.3, -0.25) is 9.69 Å². The highest BCUT2D eigenvalue weighted by Gasteiger charge is 2.25. The van der Waals surface area contributed by atoms with Crippen LogP contribution in [0.4, 0.5) is 17.3 Å². The maximum Gasteiger partial charge on any atom is 0.261 e. The lowest BCUT2D eigenvalue weighted by Gasteiger charge is -2.26. The standard InChI is InChI=1S/C20H29N5OS/c1-5-8-9-15-16(21)13-17(22-7-3)24-18(15)25(11-6-2)20(26)14(4)19-23-10-12-27-19/h10,12-13H,4-9,11H2,1-3H3,(H3,21,22,24). The van der Waals surface area contributed by atoms with Crippen LogP contribution in [0.25, 0.3) is 5.57 Å². The van der Waals surface area contributed by atoms with Crippen LogP contribution in [0.1, 0.15) is 50.6 Å². The van der Waals surface area contributed by atoms with Gasteiger partial charge < -0.3 is 11.1 Å². The zero-order valence-electron chi connectivity index (χ0n) is 16.4. The number of hydrogen-bond acceptors (Lipinski definition) is 6. The van der Waals surface area contributed by atoms with Crippen LogP contribution in [0.2, 0.25) is 0 Å². The summed E-state index contributed by atoms with van der Waals surface area (Å²) in [5.74, 6) is 1.13. The third-order valence-corrected chi connectivity index (χ3v) is 5.00. The second-order valence-corrected chi connectivity index (χ2v) is 7.20. The van der Waals surface area contributed by atoms with Crippen LogP contribution < -0.4 is 16.0 Å². The third kappa shape index (κ3) is 5.07. The van der Waals surface area contributed by atoms with Crippen molar-refractivity contribution in [2.45, 2.75) is 46.5 Å². The second kappa shape index (κ2) is 10.1. The summed E-state index contributed by atoms with van der Waals surface area (Å²) in [6.07, 6.45) is 5.30. The molecule has 146 valence electrons. The highest BCUT2D eigenvalue weighted by atomic mass is 32.1. The first-order chi connectivity index (χ1) is 13.0. The summed E-state index contributed by atoms with van der Waals surface area (Å²) in [4.78, 5) is 23.9. The van der Waals surface area contributed by atoms with E-state index in [0.29, 0.717) is 34.4 Å². The van der Waals surface area contributed by atoms with E-state index in [9.17, 15) is 4.79 Å². The van der Waals surface area contributed by atoms with Gasteiger partial charge in [-0.05, 0) is 26.2 Å². The Balaban J connectivity index is 2.49. The number of nitrogens with one attached hydrogen (secondary N) is 1. The fourth-order valence-electron chi connectivity index (χ4n) is 2.84. The number of unbranched alkanes of at least 4 members (excludes halogenated alkanes) is 1. The van der Waals surface area contributed by atoms with Gasteiger partial charge in [0.1, 0.15) is 16.6 Å². The van der Waals surface area contributed by atoms with Crippen molar-refractivity contribution in [1.29, 1.82) is 0 Å². The smallest absolute Gasteiger partial charge is 0.261 e. The van der Waals surface area contributed by atoms with E-state index in [1.807, 2.05) is 25.3 Å². The lowest BCUT2D eigenvalue weighted by Crippen LogP contribution is -2.34. The maximum absolute atomic E-state index is 13.2. The van der Waals surface area contributed by atoms with Gasteiger partial charge in [0.15, 0.2) is 0 Å². The van der Waals surface area contributed by atoms with Crippen LogP contribution in [-0.2, 0) is 11.2 Å². The molecule has 1 amide bonds. The average Bonchev–Trinajstić information content (AvgIpc) is 3.19. The molecule has 6 nitrogen and oxygen atoms in total. The zero-order chi connectivity index (χ0) is 19.8. The molecule has 0 aromatic carbocycles. The highest BCUT2D eigenvalue weighted by molar-refractivity contribution is 7.11. The molecule has 0 atom stereocenters. The van der Waals surface area contributed by atoms with Crippen LogP contribution in [0.5, 0.6) is 0 Å². The van der Waals surface area contributed by atoms with Gasteiger partial charge >= 0.3 is 0 Å². The minimum Gasteiger partial charge on any atom is -0.398 e. The van der Waals surface area contributed by atoms with E-state index in [2.05, 4.69) is 23.8 Å². The number of rotatable bonds is 10. The first-order valence-corrected chi connectivity index (χ1v) is 10.3. The predicted octanol–water partition coefficient (Wildman–Crippen LogP) is 4.35. The topological polar surface area (TPSA) is 84.1 Å². The zero-order valence-corrected chi connectivity index (χ0v) is 17.2. The van der Waals surface area contributed by atoms with Crippen molar-refractivity contribution in [3.63, 3.8) is 0 Å². The van der Waals surface area contributed by atoms with Crippen molar-refractivity contribution >= 4 is 40.1 Å². The molecule has 2 heterocycles. The fraction of sp³-hybridized carbons (Fsp3) is 0.450. The number of anilines is 3. The molecule has 0 bridgehead atoms. The van der Waals surface area contributed by atoms with Gasteiger partial charge in [0.05, 0.1) is 5.57 Å². The summed E-state index contributed by atoms with van der Waals surface area (Å²) >= 11 is 1.41. The quantitative estimate of drug-likeness (QED) is 0.592. The Morgan fingerprint density at radius 2 is 2.11 bits per heavy atom. The second-order valence-electron chi connectivity index (χ2n) is 6.31. The number of carbonyl (C=O) groups is 1. The van der Waals surface area contributed by atoms with Gasteiger partial charge in [0, 0.05) is 42.0 Å². The maximum atomic E-state index is 13.2. The van der Waals surface area contributed by atoms with E-state index >= 15 is 0 Å². The summed E-state index contributed by atoms with van der Waals surface area (Å²) in [5.41, 5.74) is 8.32. The molecule has 0 aliphatic heterocycles. The molecule has 2 aromatic heterocycles. The molecule has 3 N–H and O–H groups in total. The molecule has 7 heteroatoms. The highest BCUT2D eigenvalue weighted by Crippen LogP contribution is 2.31. The summed E-state index contributed by atoms with van der Waals surface area (Å²) < 4.78 is 0. The summed E-state index contributed by atoms with van der Waals surface area (Å²) in [5, 5.41) is 5.67. The van der Waals surface area contributed by atoms with Crippen molar-refractivity contribution in [2.24, 2.45) is 0 Å². The minimum atomic E-state index is -0.176. The molecule has 0 aliphatic carbocycles. The number of nitrogens with two attached hydrogens (primary N) is 1. The van der Waals surface area contributed by atoms with Gasteiger partial charge in [-0.15, -0.1) is 11.3 Å². The van der Waals surface area contributed by atoms with Crippen LogP contribution >= 0.6 is 11.3 Å². The SMILES string of the molecule is C=C(C(=O)N(CCC)c1nc(NCC)cc(N)c1CCCC)c1nccs1. The Kier molecular flexibility index (Phi) is 7.79. The fourth-order valence-corrected chi connectivity index (χ4v) is 3.44. The van der Waals surface area contributed by atoms with Crippen molar-refractivity contribution in [1.82, 2.24) is 9.97 Å². The number of hydrogen-bond donors (Lipinski definition) is 2.